The summed E-state index contributed by atoms with van der Waals surface area (Å²) in [6.45, 7) is 0. The third kappa shape index (κ3) is 2.15. The van der Waals surface area contributed by atoms with Gasteiger partial charge in [0.05, 0.1) is 11.9 Å². The highest BCUT2D eigenvalue weighted by atomic mass is 79.9. The van der Waals surface area contributed by atoms with Crippen LogP contribution in [0.5, 0.6) is 0 Å². The van der Waals surface area contributed by atoms with Crippen molar-refractivity contribution < 1.29 is 8.78 Å². The van der Waals surface area contributed by atoms with Crippen LogP contribution in [0.3, 0.4) is 0 Å². The van der Waals surface area contributed by atoms with Gasteiger partial charge in [0, 0.05) is 15.9 Å². The average Bonchev–Trinajstić information content (AvgIpc) is 2.64. The molecule has 0 aliphatic heterocycles. The van der Waals surface area contributed by atoms with Crippen molar-refractivity contribution in [3.8, 4) is 5.69 Å². The lowest BCUT2D eigenvalue weighted by Gasteiger charge is -2.04. The first-order chi connectivity index (χ1) is 7.61. The van der Waals surface area contributed by atoms with E-state index < -0.39 is 11.6 Å². The number of hydrogen-bond acceptors (Lipinski definition) is 2. The van der Waals surface area contributed by atoms with Crippen molar-refractivity contribution in [2.75, 3.05) is 0 Å². The van der Waals surface area contributed by atoms with E-state index in [0.29, 0.717) is 11.0 Å². The van der Waals surface area contributed by atoms with Gasteiger partial charge in [-0.05, 0) is 22.0 Å². The highest BCUT2D eigenvalue weighted by Gasteiger charge is 2.13. The van der Waals surface area contributed by atoms with Crippen LogP contribution in [-0.4, -0.2) is 15.0 Å². The molecule has 0 saturated carbocycles. The Kier molecular flexibility index (Phi) is 3.34. The molecule has 0 atom stereocenters. The molecule has 0 radical (unpaired) electrons. The Morgan fingerprint density at radius 2 is 2.06 bits per heavy atom. The molecule has 1 aromatic heterocycles. The molecular formula is C9H5Br2F2N3. The number of nitrogens with zero attached hydrogens (tertiary/aromatic N) is 3. The number of hydrogen-bond donors (Lipinski definition) is 0. The molecular weight excluding hydrogens is 348 g/mol. The van der Waals surface area contributed by atoms with E-state index in [0.717, 1.165) is 6.07 Å². The van der Waals surface area contributed by atoms with E-state index in [2.05, 4.69) is 42.2 Å². The Morgan fingerprint density at radius 1 is 1.31 bits per heavy atom. The summed E-state index contributed by atoms with van der Waals surface area (Å²) in [4.78, 5) is 0. The molecule has 2 rings (SSSR count). The molecule has 0 amide bonds. The Bertz CT molecular complexity index is 504. The number of halogens is 4. The lowest BCUT2D eigenvalue weighted by atomic mass is 10.3. The summed E-state index contributed by atoms with van der Waals surface area (Å²) in [7, 11) is 0. The van der Waals surface area contributed by atoms with Crippen molar-refractivity contribution in [2.24, 2.45) is 0 Å². The maximum absolute atomic E-state index is 13.5. The molecule has 0 fully saturated rings. The topological polar surface area (TPSA) is 30.7 Å². The van der Waals surface area contributed by atoms with Crippen molar-refractivity contribution in [3.05, 3.63) is 40.1 Å². The average molecular weight is 353 g/mol. The Hall–Kier alpha value is -0.820. The number of aromatic nitrogens is 3. The van der Waals surface area contributed by atoms with Crippen molar-refractivity contribution in [3.63, 3.8) is 0 Å². The second kappa shape index (κ2) is 4.58. The van der Waals surface area contributed by atoms with Gasteiger partial charge in [0.2, 0.25) is 0 Å². The van der Waals surface area contributed by atoms with Gasteiger partial charge < -0.3 is 0 Å². The Morgan fingerprint density at radius 3 is 2.62 bits per heavy atom. The summed E-state index contributed by atoms with van der Waals surface area (Å²) in [6, 6.07) is 1.98. The van der Waals surface area contributed by atoms with Crippen LogP contribution in [0.15, 0.2) is 22.8 Å². The molecule has 0 aliphatic carbocycles. The van der Waals surface area contributed by atoms with Crippen molar-refractivity contribution in [1.29, 1.82) is 0 Å². The van der Waals surface area contributed by atoms with Gasteiger partial charge in [0.1, 0.15) is 11.5 Å². The highest BCUT2D eigenvalue weighted by Crippen LogP contribution is 2.25. The largest absolute Gasteiger partial charge is 0.216 e. The summed E-state index contributed by atoms with van der Waals surface area (Å²) in [6.07, 6.45) is 1.57. The van der Waals surface area contributed by atoms with Crippen LogP contribution in [0.1, 0.15) is 5.69 Å². The van der Waals surface area contributed by atoms with Crippen LogP contribution in [-0.2, 0) is 5.33 Å². The van der Waals surface area contributed by atoms with Crippen molar-refractivity contribution in [2.45, 2.75) is 5.33 Å². The number of alkyl halides is 1. The fourth-order valence-corrected chi connectivity index (χ4v) is 2.07. The number of benzene rings is 1. The predicted molar refractivity (Wildman–Crippen MR) is 61.6 cm³/mol. The first-order valence-corrected chi connectivity index (χ1v) is 6.15. The highest BCUT2D eigenvalue weighted by molar-refractivity contribution is 9.10. The van der Waals surface area contributed by atoms with E-state index in [-0.39, 0.29) is 10.2 Å². The molecule has 0 bridgehead atoms. The van der Waals surface area contributed by atoms with E-state index in [9.17, 15) is 8.78 Å². The molecule has 3 nitrogen and oxygen atoms in total. The quantitative estimate of drug-likeness (QED) is 0.777. The summed E-state index contributed by atoms with van der Waals surface area (Å²) in [5.41, 5.74) is 0.803. The predicted octanol–water partition coefficient (Wildman–Crippen LogP) is 3.20. The van der Waals surface area contributed by atoms with E-state index >= 15 is 0 Å². The second-order valence-electron chi connectivity index (χ2n) is 3.01. The maximum atomic E-state index is 13.5. The van der Waals surface area contributed by atoms with E-state index in [4.69, 9.17) is 0 Å². The monoisotopic (exact) mass is 351 g/mol. The van der Waals surface area contributed by atoms with Crippen LogP contribution < -0.4 is 0 Å². The molecule has 16 heavy (non-hydrogen) atoms. The Balaban J connectivity index is 2.55. The maximum Gasteiger partial charge on any atom is 0.152 e. The molecule has 0 unspecified atom stereocenters. The Labute approximate surface area is 107 Å². The summed E-state index contributed by atoms with van der Waals surface area (Å²) >= 11 is 6.30. The summed E-state index contributed by atoms with van der Waals surface area (Å²) in [5, 5.41) is 8.07. The van der Waals surface area contributed by atoms with Gasteiger partial charge in [0.15, 0.2) is 5.82 Å². The first-order valence-electron chi connectivity index (χ1n) is 4.24. The molecule has 84 valence electrons. The van der Waals surface area contributed by atoms with Crippen LogP contribution >= 0.6 is 31.9 Å². The van der Waals surface area contributed by atoms with Gasteiger partial charge in [0.25, 0.3) is 0 Å². The van der Waals surface area contributed by atoms with E-state index in [1.54, 1.807) is 6.20 Å². The van der Waals surface area contributed by atoms with Gasteiger partial charge in [-0.3, -0.25) is 0 Å². The van der Waals surface area contributed by atoms with Crippen LogP contribution in [0.25, 0.3) is 5.69 Å². The van der Waals surface area contributed by atoms with Crippen LogP contribution in [0.4, 0.5) is 8.78 Å². The SMILES string of the molecule is Fc1cc(F)c(-n2cc(CBr)nn2)c(Br)c1. The van der Waals surface area contributed by atoms with E-state index in [1.165, 1.54) is 10.7 Å². The molecule has 1 heterocycles. The van der Waals surface area contributed by atoms with Gasteiger partial charge >= 0.3 is 0 Å². The minimum absolute atomic E-state index is 0.140. The lowest BCUT2D eigenvalue weighted by molar-refractivity contribution is 0.570. The zero-order valence-electron chi connectivity index (χ0n) is 7.79. The summed E-state index contributed by atoms with van der Waals surface area (Å²) in [5.74, 6) is -1.34. The standard InChI is InChI=1S/C9H5Br2F2N3/c10-3-6-4-16(15-14-6)9-7(11)1-5(12)2-8(9)13/h1-2,4H,3H2. The van der Waals surface area contributed by atoms with Crippen molar-refractivity contribution >= 4 is 31.9 Å². The molecule has 2 aromatic rings. The molecule has 0 saturated heterocycles. The summed E-state index contributed by atoms with van der Waals surface area (Å²) < 4.78 is 28.0. The molecule has 7 heteroatoms. The van der Waals surface area contributed by atoms with Crippen LogP contribution in [0, 0.1) is 11.6 Å². The molecule has 0 spiro atoms. The van der Waals surface area contributed by atoms with Gasteiger partial charge in [-0.2, -0.15) is 0 Å². The normalized spacial score (nSPS) is 10.8. The first kappa shape index (κ1) is 11.7. The van der Waals surface area contributed by atoms with Crippen LogP contribution in [0.2, 0.25) is 0 Å². The zero-order chi connectivity index (χ0) is 11.7. The third-order valence-electron chi connectivity index (χ3n) is 1.89. The molecule has 0 N–H and O–H groups in total. The molecule has 0 aliphatic rings. The third-order valence-corrected chi connectivity index (χ3v) is 3.07. The fraction of sp³-hybridized carbons (Fsp3) is 0.111. The van der Waals surface area contributed by atoms with Gasteiger partial charge in [-0.15, -0.1) is 5.10 Å². The zero-order valence-corrected chi connectivity index (χ0v) is 11.0. The lowest BCUT2D eigenvalue weighted by Crippen LogP contribution is -2.00. The smallest absolute Gasteiger partial charge is 0.152 e. The minimum Gasteiger partial charge on any atom is -0.216 e. The van der Waals surface area contributed by atoms with Gasteiger partial charge in [-0.1, -0.05) is 21.1 Å². The van der Waals surface area contributed by atoms with Gasteiger partial charge in [-0.25, -0.2) is 13.5 Å². The second-order valence-corrected chi connectivity index (χ2v) is 4.42. The molecule has 1 aromatic carbocycles. The van der Waals surface area contributed by atoms with E-state index in [1.807, 2.05) is 0 Å². The fourth-order valence-electron chi connectivity index (χ4n) is 1.22. The minimum atomic E-state index is -0.696. The number of rotatable bonds is 2. The van der Waals surface area contributed by atoms with Crippen molar-refractivity contribution in [1.82, 2.24) is 15.0 Å².